The Balaban J connectivity index is 2.31. The zero-order chi connectivity index (χ0) is 14.7. The maximum atomic E-state index is 12.0. The van der Waals surface area contributed by atoms with E-state index < -0.39 is 17.2 Å². The molecule has 0 aliphatic rings. The van der Waals surface area contributed by atoms with Gasteiger partial charge in [-0.3, -0.25) is 14.2 Å². The Labute approximate surface area is 118 Å². The highest BCUT2D eigenvalue weighted by molar-refractivity contribution is 7.98. The fourth-order valence-corrected chi connectivity index (χ4v) is 2.09. The zero-order valence-electron chi connectivity index (χ0n) is 11.0. The largest absolute Gasteiger partial charge is 0.328 e. The summed E-state index contributed by atoms with van der Waals surface area (Å²) in [7, 11) is 1.31. The molecule has 2 aromatic rings. The molecule has 104 valence electrons. The first kappa shape index (κ1) is 14.1. The molecule has 2 N–H and O–H groups in total. The van der Waals surface area contributed by atoms with Crippen molar-refractivity contribution >= 4 is 23.4 Å². The van der Waals surface area contributed by atoms with Gasteiger partial charge in [0.05, 0.1) is 0 Å². The van der Waals surface area contributed by atoms with Gasteiger partial charge >= 0.3 is 5.69 Å². The molecule has 0 aliphatic carbocycles. The quantitative estimate of drug-likeness (QED) is 0.828. The molecule has 1 aromatic heterocycles. The molecule has 0 bridgehead atoms. The van der Waals surface area contributed by atoms with Gasteiger partial charge < -0.3 is 10.3 Å². The fraction of sp³-hybridized carbons (Fsp3) is 0.154. The van der Waals surface area contributed by atoms with Crippen LogP contribution in [0.25, 0.3) is 0 Å². The normalized spacial score (nSPS) is 10.3. The standard InChI is InChI=1S/C13H13N3O3S/c1-16-12(18)10(7-14-13(16)19)11(17)15-8-4-3-5-9(6-8)20-2/h3-7H,1-2H3,(H,14,19)(H,15,17). The fourth-order valence-electron chi connectivity index (χ4n) is 1.63. The molecule has 0 spiro atoms. The molecule has 0 radical (unpaired) electrons. The predicted octanol–water partition coefficient (Wildman–Crippen LogP) is 1.05. The second-order valence-corrected chi connectivity index (χ2v) is 4.94. The highest BCUT2D eigenvalue weighted by atomic mass is 32.2. The van der Waals surface area contributed by atoms with Gasteiger partial charge in [0.1, 0.15) is 5.56 Å². The van der Waals surface area contributed by atoms with Crippen molar-refractivity contribution in [1.29, 1.82) is 0 Å². The van der Waals surface area contributed by atoms with Crippen LogP contribution in [0.15, 0.2) is 44.9 Å². The number of aromatic amines is 1. The van der Waals surface area contributed by atoms with Crippen LogP contribution in [0.3, 0.4) is 0 Å². The molecule has 6 nitrogen and oxygen atoms in total. The van der Waals surface area contributed by atoms with E-state index in [1.807, 2.05) is 18.4 Å². The highest BCUT2D eigenvalue weighted by Crippen LogP contribution is 2.19. The van der Waals surface area contributed by atoms with Crippen molar-refractivity contribution in [3.05, 3.63) is 56.9 Å². The summed E-state index contributed by atoms with van der Waals surface area (Å²) in [5.74, 6) is -0.555. The molecular weight excluding hydrogens is 278 g/mol. The van der Waals surface area contributed by atoms with Crippen LogP contribution in [0.1, 0.15) is 10.4 Å². The smallest absolute Gasteiger partial charge is 0.322 e. The Kier molecular flexibility index (Phi) is 4.09. The van der Waals surface area contributed by atoms with Crippen molar-refractivity contribution in [1.82, 2.24) is 9.55 Å². The SMILES string of the molecule is CSc1cccc(NC(=O)c2c[nH]c(=O)n(C)c2=O)c1. The van der Waals surface area contributed by atoms with Gasteiger partial charge in [-0.05, 0) is 24.5 Å². The van der Waals surface area contributed by atoms with Crippen LogP contribution in [-0.4, -0.2) is 21.7 Å². The third-order valence-electron chi connectivity index (χ3n) is 2.75. The summed E-state index contributed by atoms with van der Waals surface area (Å²) >= 11 is 1.55. The highest BCUT2D eigenvalue weighted by Gasteiger charge is 2.13. The average Bonchev–Trinajstić information content (AvgIpc) is 2.45. The van der Waals surface area contributed by atoms with E-state index in [9.17, 15) is 14.4 Å². The zero-order valence-corrected chi connectivity index (χ0v) is 11.8. The summed E-state index contributed by atoms with van der Waals surface area (Å²) in [4.78, 5) is 38.4. The third kappa shape index (κ3) is 2.83. The van der Waals surface area contributed by atoms with Crippen LogP contribution >= 0.6 is 11.8 Å². The number of amides is 1. The number of aromatic nitrogens is 2. The lowest BCUT2D eigenvalue weighted by Gasteiger charge is -2.06. The molecule has 0 atom stereocenters. The van der Waals surface area contributed by atoms with E-state index in [0.29, 0.717) is 5.69 Å². The van der Waals surface area contributed by atoms with Gasteiger partial charge in [0.25, 0.3) is 11.5 Å². The summed E-state index contributed by atoms with van der Waals surface area (Å²) in [6.45, 7) is 0. The third-order valence-corrected chi connectivity index (χ3v) is 3.48. The van der Waals surface area contributed by atoms with Crippen LogP contribution in [0, 0.1) is 0 Å². The molecule has 0 fully saturated rings. The molecule has 0 aliphatic heterocycles. The Morgan fingerprint density at radius 2 is 2.10 bits per heavy atom. The number of anilines is 1. The number of hydrogen-bond donors (Lipinski definition) is 2. The van der Waals surface area contributed by atoms with Crippen molar-refractivity contribution in [2.45, 2.75) is 4.90 Å². The van der Waals surface area contributed by atoms with E-state index in [-0.39, 0.29) is 5.56 Å². The summed E-state index contributed by atoms with van der Waals surface area (Å²) in [5.41, 5.74) is -0.708. The van der Waals surface area contributed by atoms with Crippen molar-refractivity contribution in [2.75, 3.05) is 11.6 Å². The van der Waals surface area contributed by atoms with Crippen molar-refractivity contribution in [3.8, 4) is 0 Å². The van der Waals surface area contributed by atoms with Gasteiger partial charge in [-0.15, -0.1) is 11.8 Å². The molecule has 0 unspecified atom stereocenters. The minimum atomic E-state index is -0.632. The number of carbonyl (C=O) groups excluding carboxylic acids is 1. The number of rotatable bonds is 3. The molecule has 0 saturated heterocycles. The van der Waals surface area contributed by atoms with Crippen LogP contribution in [0.4, 0.5) is 5.69 Å². The van der Waals surface area contributed by atoms with Crippen molar-refractivity contribution in [2.24, 2.45) is 7.05 Å². The molecule has 1 heterocycles. The number of benzene rings is 1. The van der Waals surface area contributed by atoms with Crippen LogP contribution < -0.4 is 16.6 Å². The van der Waals surface area contributed by atoms with Crippen LogP contribution in [0.5, 0.6) is 0 Å². The lowest BCUT2D eigenvalue weighted by molar-refractivity contribution is 0.102. The Hall–Kier alpha value is -2.28. The minimum absolute atomic E-state index is 0.110. The Bertz CT molecular complexity index is 764. The topological polar surface area (TPSA) is 84.0 Å². The second-order valence-electron chi connectivity index (χ2n) is 4.06. The predicted molar refractivity (Wildman–Crippen MR) is 78.5 cm³/mol. The minimum Gasteiger partial charge on any atom is -0.322 e. The second kappa shape index (κ2) is 5.79. The molecule has 20 heavy (non-hydrogen) atoms. The summed E-state index contributed by atoms with van der Waals surface area (Å²) < 4.78 is 0.854. The maximum absolute atomic E-state index is 12.0. The number of carbonyl (C=O) groups is 1. The van der Waals surface area contributed by atoms with E-state index in [4.69, 9.17) is 0 Å². The Morgan fingerprint density at radius 1 is 1.35 bits per heavy atom. The summed E-state index contributed by atoms with van der Waals surface area (Å²) in [6, 6.07) is 7.26. The van der Waals surface area contributed by atoms with Gasteiger partial charge in [0.15, 0.2) is 0 Å². The van der Waals surface area contributed by atoms with Gasteiger partial charge in [-0.25, -0.2) is 4.79 Å². The number of H-pyrrole nitrogens is 1. The Morgan fingerprint density at radius 3 is 2.80 bits per heavy atom. The lowest BCUT2D eigenvalue weighted by Crippen LogP contribution is -2.37. The van der Waals surface area contributed by atoms with E-state index in [1.165, 1.54) is 7.05 Å². The first-order chi connectivity index (χ1) is 9.52. The average molecular weight is 291 g/mol. The number of hydrogen-bond acceptors (Lipinski definition) is 4. The van der Waals surface area contributed by atoms with E-state index in [2.05, 4.69) is 10.3 Å². The van der Waals surface area contributed by atoms with Gasteiger partial charge in [-0.1, -0.05) is 6.07 Å². The maximum Gasteiger partial charge on any atom is 0.328 e. The first-order valence-corrected chi connectivity index (χ1v) is 6.99. The molecule has 1 amide bonds. The van der Waals surface area contributed by atoms with Gasteiger partial charge in [0.2, 0.25) is 0 Å². The van der Waals surface area contributed by atoms with E-state index >= 15 is 0 Å². The molecule has 1 aromatic carbocycles. The lowest BCUT2D eigenvalue weighted by atomic mass is 10.2. The van der Waals surface area contributed by atoms with Crippen LogP contribution in [-0.2, 0) is 7.05 Å². The van der Waals surface area contributed by atoms with Crippen molar-refractivity contribution < 1.29 is 4.79 Å². The summed E-state index contributed by atoms with van der Waals surface area (Å²) in [5, 5.41) is 2.63. The molecule has 0 saturated carbocycles. The number of thioether (sulfide) groups is 1. The molecular formula is C13H13N3O3S. The monoisotopic (exact) mass is 291 g/mol. The van der Waals surface area contributed by atoms with E-state index in [1.54, 1.807) is 23.9 Å². The van der Waals surface area contributed by atoms with Crippen molar-refractivity contribution in [3.63, 3.8) is 0 Å². The number of nitrogens with one attached hydrogen (secondary N) is 2. The first-order valence-electron chi connectivity index (χ1n) is 5.77. The summed E-state index contributed by atoms with van der Waals surface area (Å²) in [6.07, 6.45) is 3.05. The molecule has 7 heteroatoms. The van der Waals surface area contributed by atoms with Crippen LogP contribution in [0.2, 0.25) is 0 Å². The van der Waals surface area contributed by atoms with Gasteiger partial charge in [0, 0.05) is 23.8 Å². The number of nitrogens with zero attached hydrogens (tertiary/aromatic N) is 1. The van der Waals surface area contributed by atoms with E-state index in [0.717, 1.165) is 15.7 Å². The molecule has 2 rings (SSSR count). The van der Waals surface area contributed by atoms with Gasteiger partial charge in [-0.2, -0.15) is 0 Å².